The second-order valence-electron chi connectivity index (χ2n) is 7.34. The Kier molecular flexibility index (Phi) is 5.10. The van der Waals surface area contributed by atoms with E-state index < -0.39 is 11.9 Å². The highest BCUT2D eigenvalue weighted by atomic mass is 35.5. The smallest absolute Gasteiger partial charge is 0.267 e. The van der Waals surface area contributed by atoms with Gasteiger partial charge in [-0.1, -0.05) is 11.6 Å². The van der Waals surface area contributed by atoms with Gasteiger partial charge >= 0.3 is 0 Å². The van der Waals surface area contributed by atoms with Gasteiger partial charge in [-0.05, 0) is 49.9 Å². The maximum atomic E-state index is 13.4. The average molecular weight is 405 g/mol. The van der Waals surface area contributed by atoms with Gasteiger partial charge in [0.15, 0.2) is 0 Å². The number of carbonyl (C=O) groups is 1. The SMILES string of the molecule is CC(C(=O)N1CCN(c2ccc(F)c(Cl)c2)CC1)n1nc2c(cc1=O)CCC2. The molecule has 0 radical (unpaired) electrons. The zero-order valence-corrected chi connectivity index (χ0v) is 16.5. The summed E-state index contributed by atoms with van der Waals surface area (Å²) in [5.41, 5.74) is 2.55. The van der Waals surface area contributed by atoms with E-state index in [4.69, 9.17) is 11.6 Å². The van der Waals surface area contributed by atoms with Gasteiger partial charge < -0.3 is 9.80 Å². The van der Waals surface area contributed by atoms with Crippen LogP contribution in [0, 0.1) is 5.82 Å². The zero-order valence-electron chi connectivity index (χ0n) is 15.7. The molecule has 6 nitrogen and oxygen atoms in total. The molecule has 1 aromatic carbocycles. The van der Waals surface area contributed by atoms with Crippen LogP contribution in [0.25, 0.3) is 0 Å². The molecule has 4 rings (SSSR count). The second kappa shape index (κ2) is 7.54. The van der Waals surface area contributed by atoms with Gasteiger partial charge in [-0.25, -0.2) is 9.07 Å². The summed E-state index contributed by atoms with van der Waals surface area (Å²) in [5, 5.41) is 4.53. The highest BCUT2D eigenvalue weighted by molar-refractivity contribution is 6.31. The van der Waals surface area contributed by atoms with Crippen molar-refractivity contribution in [2.45, 2.75) is 32.2 Å². The maximum Gasteiger partial charge on any atom is 0.267 e. The van der Waals surface area contributed by atoms with Crippen LogP contribution in [0.2, 0.25) is 5.02 Å². The van der Waals surface area contributed by atoms with Crippen LogP contribution < -0.4 is 10.5 Å². The van der Waals surface area contributed by atoms with Crippen molar-refractivity contribution in [1.29, 1.82) is 0 Å². The van der Waals surface area contributed by atoms with Gasteiger partial charge in [0.05, 0.1) is 10.7 Å². The van der Waals surface area contributed by atoms with Crippen molar-refractivity contribution in [2.75, 3.05) is 31.1 Å². The number of nitrogens with zero attached hydrogens (tertiary/aromatic N) is 4. The molecule has 28 heavy (non-hydrogen) atoms. The predicted octanol–water partition coefficient (Wildman–Crippen LogP) is 2.43. The van der Waals surface area contributed by atoms with Crippen molar-refractivity contribution in [2.24, 2.45) is 0 Å². The summed E-state index contributed by atoms with van der Waals surface area (Å²) in [6.07, 6.45) is 2.75. The Balaban J connectivity index is 1.44. The standard InChI is InChI=1S/C20H22ClFN4O2/c1-13(26-19(27)11-14-3-2-4-18(14)23-26)20(28)25-9-7-24(8-10-25)15-5-6-17(22)16(21)12-15/h5-6,11-13H,2-4,7-10H2,1H3. The summed E-state index contributed by atoms with van der Waals surface area (Å²) in [5.74, 6) is -0.551. The number of anilines is 1. The number of halogens is 2. The van der Waals surface area contributed by atoms with Gasteiger partial charge in [-0.3, -0.25) is 9.59 Å². The number of hydrogen-bond acceptors (Lipinski definition) is 4. The molecule has 1 atom stereocenters. The molecule has 0 spiro atoms. The Labute approximate surface area is 167 Å². The molecule has 0 bridgehead atoms. The van der Waals surface area contributed by atoms with Crippen molar-refractivity contribution in [3.8, 4) is 0 Å². The monoisotopic (exact) mass is 404 g/mol. The lowest BCUT2D eigenvalue weighted by Crippen LogP contribution is -2.51. The third-order valence-electron chi connectivity index (χ3n) is 5.57. The van der Waals surface area contributed by atoms with Gasteiger partial charge in [0.25, 0.3) is 5.56 Å². The normalized spacial score (nSPS) is 17.5. The minimum Gasteiger partial charge on any atom is -0.368 e. The molecule has 148 valence electrons. The van der Waals surface area contributed by atoms with Crippen molar-refractivity contribution in [1.82, 2.24) is 14.7 Å². The molecule has 1 saturated heterocycles. The number of piperazine rings is 1. The molecule has 0 N–H and O–H groups in total. The zero-order chi connectivity index (χ0) is 19.8. The van der Waals surface area contributed by atoms with Crippen molar-refractivity contribution in [3.63, 3.8) is 0 Å². The molecule has 8 heteroatoms. The molecule has 1 fully saturated rings. The molecule has 1 aliphatic heterocycles. The van der Waals surface area contributed by atoms with E-state index in [-0.39, 0.29) is 16.5 Å². The fraction of sp³-hybridized carbons (Fsp3) is 0.450. The van der Waals surface area contributed by atoms with Crippen molar-refractivity contribution >= 4 is 23.2 Å². The van der Waals surface area contributed by atoms with Crippen LogP contribution >= 0.6 is 11.6 Å². The molecule has 0 saturated carbocycles. The fourth-order valence-electron chi connectivity index (χ4n) is 3.93. The lowest BCUT2D eigenvalue weighted by Gasteiger charge is -2.37. The molecular formula is C20H22ClFN4O2. The molecular weight excluding hydrogens is 383 g/mol. The van der Waals surface area contributed by atoms with E-state index >= 15 is 0 Å². The van der Waals surface area contributed by atoms with Crippen LogP contribution in [-0.2, 0) is 17.6 Å². The lowest BCUT2D eigenvalue weighted by atomic mass is 10.2. The molecule has 2 heterocycles. The third kappa shape index (κ3) is 3.51. The quantitative estimate of drug-likeness (QED) is 0.788. The van der Waals surface area contributed by atoms with Gasteiger partial charge in [0, 0.05) is 37.9 Å². The summed E-state index contributed by atoms with van der Waals surface area (Å²) in [6.45, 7) is 4.01. The van der Waals surface area contributed by atoms with Gasteiger partial charge in [0.1, 0.15) is 11.9 Å². The van der Waals surface area contributed by atoms with Crippen LogP contribution in [-0.4, -0.2) is 46.8 Å². The number of rotatable bonds is 3. The number of benzene rings is 1. The topological polar surface area (TPSA) is 58.4 Å². The summed E-state index contributed by atoms with van der Waals surface area (Å²) in [6, 6.07) is 5.63. The first kappa shape index (κ1) is 18.9. The molecule has 1 amide bonds. The van der Waals surface area contributed by atoms with E-state index in [1.54, 1.807) is 30.0 Å². The van der Waals surface area contributed by atoms with Crippen LogP contribution in [0.3, 0.4) is 0 Å². The number of aromatic nitrogens is 2. The van der Waals surface area contributed by atoms with Gasteiger partial charge in [0.2, 0.25) is 5.91 Å². The number of aryl methyl sites for hydroxylation is 2. The summed E-state index contributed by atoms with van der Waals surface area (Å²) >= 11 is 5.87. The summed E-state index contributed by atoms with van der Waals surface area (Å²) in [7, 11) is 0. The summed E-state index contributed by atoms with van der Waals surface area (Å²) in [4.78, 5) is 29.1. The van der Waals surface area contributed by atoms with Gasteiger partial charge in [-0.2, -0.15) is 5.10 Å². The molecule has 1 aromatic heterocycles. The van der Waals surface area contributed by atoms with Crippen LogP contribution in [0.4, 0.5) is 10.1 Å². The van der Waals surface area contributed by atoms with E-state index in [9.17, 15) is 14.0 Å². The van der Waals surface area contributed by atoms with E-state index in [1.807, 2.05) is 0 Å². The highest BCUT2D eigenvalue weighted by Crippen LogP contribution is 2.24. The Morgan fingerprint density at radius 1 is 1.18 bits per heavy atom. The third-order valence-corrected chi connectivity index (χ3v) is 5.86. The lowest BCUT2D eigenvalue weighted by molar-refractivity contribution is -0.135. The van der Waals surface area contributed by atoms with Crippen molar-refractivity contribution in [3.05, 3.63) is 56.7 Å². The molecule has 2 aromatic rings. The first-order valence-corrected chi connectivity index (χ1v) is 9.92. The van der Waals surface area contributed by atoms with Crippen molar-refractivity contribution < 1.29 is 9.18 Å². The highest BCUT2D eigenvalue weighted by Gasteiger charge is 2.28. The van der Waals surface area contributed by atoms with E-state index in [1.165, 1.54) is 10.7 Å². The average Bonchev–Trinajstić information content (AvgIpc) is 3.15. The first-order valence-electron chi connectivity index (χ1n) is 9.54. The largest absolute Gasteiger partial charge is 0.368 e. The molecule has 1 aliphatic carbocycles. The second-order valence-corrected chi connectivity index (χ2v) is 7.75. The minimum absolute atomic E-state index is 0.0895. The Morgan fingerprint density at radius 2 is 1.93 bits per heavy atom. The van der Waals surface area contributed by atoms with Crippen LogP contribution in [0.5, 0.6) is 0 Å². The van der Waals surface area contributed by atoms with Crippen LogP contribution in [0.1, 0.15) is 30.6 Å². The number of amides is 1. The summed E-state index contributed by atoms with van der Waals surface area (Å²) < 4.78 is 14.7. The van der Waals surface area contributed by atoms with E-state index in [0.717, 1.165) is 36.2 Å². The molecule has 2 aliphatic rings. The Bertz CT molecular complexity index is 969. The number of hydrogen-bond donors (Lipinski definition) is 0. The number of fused-ring (bicyclic) bond motifs is 1. The minimum atomic E-state index is -0.634. The Hall–Kier alpha value is -2.41. The Morgan fingerprint density at radius 3 is 2.64 bits per heavy atom. The first-order chi connectivity index (χ1) is 13.4. The maximum absolute atomic E-state index is 13.4. The van der Waals surface area contributed by atoms with Gasteiger partial charge in [-0.15, -0.1) is 0 Å². The molecule has 1 unspecified atom stereocenters. The van der Waals surface area contributed by atoms with E-state index in [2.05, 4.69) is 10.00 Å². The number of carbonyl (C=O) groups excluding carboxylic acids is 1. The van der Waals surface area contributed by atoms with E-state index in [0.29, 0.717) is 26.2 Å². The van der Waals surface area contributed by atoms with Crippen LogP contribution in [0.15, 0.2) is 29.1 Å². The fourth-order valence-corrected chi connectivity index (χ4v) is 4.10. The predicted molar refractivity (Wildman–Crippen MR) is 105 cm³/mol.